The summed E-state index contributed by atoms with van der Waals surface area (Å²) in [6, 6.07) is 4.15. The molecule has 0 aromatic heterocycles. The molecule has 0 fully saturated rings. The van der Waals surface area contributed by atoms with Gasteiger partial charge in [0.25, 0.3) is 0 Å². The first kappa shape index (κ1) is 17.1. The molecule has 2 rings (SSSR count). The first-order chi connectivity index (χ1) is 9.15. The van der Waals surface area contributed by atoms with E-state index in [1.807, 2.05) is 0 Å². The van der Waals surface area contributed by atoms with Crippen molar-refractivity contribution in [3.8, 4) is 11.5 Å². The van der Waals surface area contributed by atoms with Crippen molar-refractivity contribution in [1.29, 1.82) is 0 Å². The van der Waals surface area contributed by atoms with Crippen LogP contribution in [0.5, 0.6) is 11.5 Å². The Kier molecular flexibility index (Phi) is 6.59. The van der Waals surface area contributed by atoms with E-state index < -0.39 is 0 Å². The lowest BCUT2D eigenvalue weighted by Crippen LogP contribution is -2.22. The summed E-state index contributed by atoms with van der Waals surface area (Å²) in [4.78, 5) is 2.15. The van der Waals surface area contributed by atoms with E-state index in [2.05, 4.69) is 31.1 Å². The van der Waals surface area contributed by atoms with E-state index in [0.29, 0.717) is 0 Å². The Bertz CT molecular complexity index is 437. The zero-order valence-corrected chi connectivity index (χ0v) is 13.5. The molecule has 1 unspecified atom stereocenters. The van der Waals surface area contributed by atoms with Crippen LogP contribution in [-0.2, 0) is 11.2 Å². The highest BCUT2D eigenvalue weighted by Crippen LogP contribution is 2.36. The fraction of sp³-hybridized carbons (Fsp3) is 0.600. The topological polar surface area (TPSA) is 30.9 Å². The number of likely N-dealkylation sites (N-methyl/N-ethyl adjacent to an activating group) is 1. The van der Waals surface area contributed by atoms with Gasteiger partial charge in [0.15, 0.2) is 11.5 Å². The van der Waals surface area contributed by atoms with Gasteiger partial charge in [0.1, 0.15) is 0 Å². The average Bonchev–Trinajstić information content (AvgIpc) is 2.59. The lowest BCUT2D eigenvalue weighted by atomic mass is 9.98. The van der Waals surface area contributed by atoms with Gasteiger partial charge in [-0.25, -0.2) is 0 Å². The minimum atomic E-state index is 0. The standard InChI is InChI=1S/C15H23NO3.ClH/c1-16(2)10-15-12-9-14(18-4)13(17-3)8-11(12)6-5-7-19-15;/h8-9,15H,5-7,10H2,1-4H3;1H. The predicted molar refractivity (Wildman–Crippen MR) is 82.4 cm³/mol. The molecular weight excluding hydrogens is 278 g/mol. The van der Waals surface area contributed by atoms with Crippen molar-refractivity contribution in [3.63, 3.8) is 0 Å². The molecule has 0 aliphatic carbocycles. The average molecular weight is 302 g/mol. The van der Waals surface area contributed by atoms with Crippen LogP contribution in [-0.4, -0.2) is 46.4 Å². The highest BCUT2D eigenvalue weighted by molar-refractivity contribution is 5.85. The molecular formula is C15H24ClNO3. The molecule has 1 aromatic rings. The first-order valence-corrected chi connectivity index (χ1v) is 6.66. The monoisotopic (exact) mass is 301 g/mol. The number of methoxy groups -OCH3 is 2. The number of fused-ring (bicyclic) bond motifs is 1. The number of hydrogen-bond donors (Lipinski definition) is 0. The van der Waals surface area contributed by atoms with Gasteiger partial charge < -0.3 is 19.1 Å². The second-order valence-electron chi connectivity index (χ2n) is 5.13. The third-order valence-corrected chi connectivity index (χ3v) is 3.43. The molecule has 1 aliphatic heterocycles. The van der Waals surface area contributed by atoms with Crippen LogP contribution in [0.2, 0.25) is 0 Å². The molecule has 4 nitrogen and oxygen atoms in total. The summed E-state index contributed by atoms with van der Waals surface area (Å²) in [6.07, 6.45) is 2.18. The van der Waals surface area contributed by atoms with E-state index in [1.54, 1.807) is 14.2 Å². The van der Waals surface area contributed by atoms with Crippen LogP contribution >= 0.6 is 12.4 Å². The molecule has 1 aliphatic rings. The van der Waals surface area contributed by atoms with E-state index in [1.165, 1.54) is 11.1 Å². The molecule has 0 spiro atoms. The zero-order valence-electron chi connectivity index (χ0n) is 12.6. The van der Waals surface area contributed by atoms with Gasteiger partial charge in [0.2, 0.25) is 0 Å². The number of nitrogens with zero attached hydrogens (tertiary/aromatic N) is 1. The molecule has 0 saturated heterocycles. The van der Waals surface area contributed by atoms with Gasteiger partial charge in [0, 0.05) is 13.2 Å². The summed E-state index contributed by atoms with van der Waals surface area (Å²) >= 11 is 0. The molecule has 0 N–H and O–H groups in total. The summed E-state index contributed by atoms with van der Waals surface area (Å²) in [7, 11) is 7.47. The molecule has 1 aromatic carbocycles. The second kappa shape index (κ2) is 7.72. The van der Waals surface area contributed by atoms with Gasteiger partial charge >= 0.3 is 0 Å². The SMILES string of the molecule is COc1cc2c(cc1OC)C(CN(C)C)OCCC2.Cl. The van der Waals surface area contributed by atoms with E-state index in [-0.39, 0.29) is 18.5 Å². The lowest BCUT2D eigenvalue weighted by Gasteiger charge is -2.23. The van der Waals surface area contributed by atoms with Crippen molar-refractivity contribution in [2.45, 2.75) is 18.9 Å². The number of benzene rings is 1. The summed E-state index contributed by atoms with van der Waals surface area (Å²) in [6.45, 7) is 1.68. The molecule has 5 heteroatoms. The fourth-order valence-electron chi connectivity index (χ4n) is 2.51. The maximum atomic E-state index is 5.98. The van der Waals surface area contributed by atoms with Crippen molar-refractivity contribution in [2.75, 3.05) is 41.5 Å². The second-order valence-corrected chi connectivity index (χ2v) is 5.13. The van der Waals surface area contributed by atoms with Gasteiger partial charge in [-0.05, 0) is 50.2 Å². The van der Waals surface area contributed by atoms with Crippen molar-refractivity contribution >= 4 is 12.4 Å². The van der Waals surface area contributed by atoms with Crippen LogP contribution in [0.3, 0.4) is 0 Å². The number of rotatable bonds is 4. The Hall–Kier alpha value is -0.970. The van der Waals surface area contributed by atoms with Gasteiger partial charge in [-0.3, -0.25) is 0 Å². The minimum absolute atomic E-state index is 0. The van der Waals surface area contributed by atoms with Crippen molar-refractivity contribution in [2.24, 2.45) is 0 Å². The molecule has 0 bridgehead atoms. The normalized spacial score (nSPS) is 17.9. The highest BCUT2D eigenvalue weighted by Gasteiger charge is 2.22. The summed E-state index contributed by atoms with van der Waals surface area (Å²) in [5, 5.41) is 0. The maximum Gasteiger partial charge on any atom is 0.161 e. The highest BCUT2D eigenvalue weighted by atomic mass is 35.5. The summed E-state index contributed by atoms with van der Waals surface area (Å²) in [5.41, 5.74) is 2.53. The smallest absolute Gasteiger partial charge is 0.161 e. The number of ether oxygens (including phenoxy) is 3. The third kappa shape index (κ3) is 3.78. The van der Waals surface area contributed by atoms with E-state index in [9.17, 15) is 0 Å². The van der Waals surface area contributed by atoms with Gasteiger partial charge in [-0.1, -0.05) is 0 Å². The van der Waals surface area contributed by atoms with Gasteiger partial charge in [0.05, 0.1) is 20.3 Å². The Morgan fingerprint density at radius 2 is 1.85 bits per heavy atom. The maximum absolute atomic E-state index is 5.98. The zero-order chi connectivity index (χ0) is 13.8. The van der Waals surface area contributed by atoms with Crippen LogP contribution in [0.4, 0.5) is 0 Å². The van der Waals surface area contributed by atoms with Crippen molar-refractivity contribution in [3.05, 3.63) is 23.3 Å². The van der Waals surface area contributed by atoms with Gasteiger partial charge in [-0.15, -0.1) is 12.4 Å². The molecule has 0 saturated carbocycles. The molecule has 1 heterocycles. The Morgan fingerprint density at radius 3 is 2.45 bits per heavy atom. The Balaban J connectivity index is 0.00000200. The van der Waals surface area contributed by atoms with E-state index >= 15 is 0 Å². The number of aryl methyl sites for hydroxylation is 1. The van der Waals surface area contributed by atoms with E-state index in [0.717, 1.165) is 37.5 Å². The first-order valence-electron chi connectivity index (χ1n) is 6.66. The minimum Gasteiger partial charge on any atom is -0.493 e. The van der Waals surface area contributed by atoms with Crippen LogP contribution in [0.15, 0.2) is 12.1 Å². The quantitative estimate of drug-likeness (QED) is 0.855. The largest absolute Gasteiger partial charge is 0.493 e. The molecule has 20 heavy (non-hydrogen) atoms. The molecule has 0 amide bonds. The van der Waals surface area contributed by atoms with Gasteiger partial charge in [-0.2, -0.15) is 0 Å². The molecule has 114 valence electrons. The summed E-state index contributed by atoms with van der Waals surface area (Å²) in [5.74, 6) is 1.57. The predicted octanol–water partition coefficient (Wildman–Crippen LogP) is 2.69. The van der Waals surface area contributed by atoms with Crippen LogP contribution in [0.1, 0.15) is 23.7 Å². The summed E-state index contributed by atoms with van der Waals surface area (Å²) < 4.78 is 16.8. The van der Waals surface area contributed by atoms with Crippen LogP contribution in [0, 0.1) is 0 Å². The van der Waals surface area contributed by atoms with Crippen molar-refractivity contribution in [1.82, 2.24) is 4.90 Å². The molecule has 1 atom stereocenters. The molecule has 0 radical (unpaired) electrons. The Labute approximate surface area is 127 Å². The number of halogens is 1. The van der Waals surface area contributed by atoms with Crippen molar-refractivity contribution < 1.29 is 14.2 Å². The van der Waals surface area contributed by atoms with Crippen LogP contribution < -0.4 is 9.47 Å². The lowest BCUT2D eigenvalue weighted by molar-refractivity contribution is 0.0384. The fourth-order valence-corrected chi connectivity index (χ4v) is 2.51. The third-order valence-electron chi connectivity index (χ3n) is 3.43. The van der Waals surface area contributed by atoms with E-state index in [4.69, 9.17) is 14.2 Å². The Morgan fingerprint density at radius 1 is 1.20 bits per heavy atom. The number of hydrogen-bond acceptors (Lipinski definition) is 4. The van der Waals surface area contributed by atoms with Crippen LogP contribution in [0.25, 0.3) is 0 Å².